The van der Waals surface area contributed by atoms with E-state index in [1.165, 1.54) is 24.0 Å². The number of hydrogen-bond donors (Lipinski definition) is 1. The molecule has 0 bridgehead atoms. The van der Waals surface area contributed by atoms with E-state index in [0.29, 0.717) is 11.3 Å². The molecule has 0 amide bonds. The predicted octanol–water partition coefficient (Wildman–Crippen LogP) is 4.76. The van der Waals surface area contributed by atoms with E-state index in [4.69, 9.17) is 9.72 Å². The second-order valence-electron chi connectivity index (χ2n) is 9.18. The quantitative estimate of drug-likeness (QED) is 0.674. The molecular formula is C24H29N3O3. The van der Waals surface area contributed by atoms with Gasteiger partial charge in [-0.3, -0.25) is 9.67 Å². The Morgan fingerprint density at radius 3 is 2.43 bits per heavy atom. The molecule has 158 valence electrons. The summed E-state index contributed by atoms with van der Waals surface area (Å²) < 4.78 is 7.77. The maximum Gasteiger partial charge on any atom is 0.337 e. The molecule has 1 N–H and O–H groups in total. The lowest BCUT2D eigenvalue weighted by Crippen LogP contribution is -2.28. The number of aryl methyl sites for hydroxylation is 4. The molecule has 30 heavy (non-hydrogen) atoms. The number of ether oxygens (including phenoxy) is 1. The van der Waals surface area contributed by atoms with E-state index in [-0.39, 0.29) is 0 Å². The summed E-state index contributed by atoms with van der Waals surface area (Å²) in [6, 6.07) is 4.39. The Labute approximate surface area is 176 Å². The fraction of sp³-hybridized carbons (Fsp3) is 0.458. The monoisotopic (exact) mass is 407 g/mol. The highest BCUT2D eigenvalue weighted by atomic mass is 16.5. The van der Waals surface area contributed by atoms with Gasteiger partial charge in [-0.15, -0.1) is 0 Å². The second-order valence-corrected chi connectivity index (χ2v) is 9.18. The predicted molar refractivity (Wildman–Crippen MR) is 117 cm³/mol. The standard InChI is InChI=1S/C24H29N3O3/c1-14-20(22(23(28)29)30-24(2,3)4)21(17-12-25-27(5)13-17)18-10-15-8-6-7-9-16(15)11-19(18)26-14/h10-13,22H,6-9H2,1-5H3,(H,28,29). The zero-order valence-electron chi connectivity index (χ0n) is 18.3. The molecule has 0 radical (unpaired) electrons. The number of aromatic nitrogens is 3. The number of fused-ring (bicyclic) bond motifs is 2. The molecule has 1 aliphatic rings. The highest BCUT2D eigenvalue weighted by molar-refractivity contribution is 5.99. The summed E-state index contributed by atoms with van der Waals surface area (Å²) in [4.78, 5) is 17.2. The third-order valence-corrected chi connectivity index (χ3v) is 5.63. The van der Waals surface area contributed by atoms with Gasteiger partial charge in [0, 0.05) is 41.0 Å². The average molecular weight is 408 g/mol. The first-order valence-corrected chi connectivity index (χ1v) is 10.5. The summed E-state index contributed by atoms with van der Waals surface area (Å²) in [6.07, 6.45) is 7.08. The molecule has 0 saturated heterocycles. The lowest BCUT2D eigenvalue weighted by molar-refractivity contribution is -0.160. The molecule has 6 nitrogen and oxygen atoms in total. The Bertz CT molecular complexity index is 1120. The summed E-state index contributed by atoms with van der Waals surface area (Å²) in [7, 11) is 1.86. The molecule has 1 atom stereocenters. The van der Waals surface area contributed by atoms with Crippen LogP contribution in [0.3, 0.4) is 0 Å². The molecule has 0 spiro atoms. The highest BCUT2D eigenvalue weighted by Crippen LogP contribution is 2.40. The van der Waals surface area contributed by atoms with Gasteiger partial charge < -0.3 is 9.84 Å². The van der Waals surface area contributed by atoms with Crippen molar-refractivity contribution in [3.8, 4) is 11.1 Å². The van der Waals surface area contributed by atoms with Crippen LogP contribution in [0, 0.1) is 6.92 Å². The number of pyridine rings is 1. The third-order valence-electron chi connectivity index (χ3n) is 5.63. The van der Waals surface area contributed by atoms with Gasteiger partial charge in [-0.05, 0) is 76.6 Å². The third kappa shape index (κ3) is 3.84. The number of benzene rings is 1. The molecule has 0 aliphatic heterocycles. The minimum atomic E-state index is -1.12. The number of carboxylic acid groups (broad SMARTS) is 1. The van der Waals surface area contributed by atoms with Crippen molar-refractivity contribution in [2.24, 2.45) is 7.05 Å². The van der Waals surface area contributed by atoms with Gasteiger partial charge in [-0.25, -0.2) is 4.79 Å². The lowest BCUT2D eigenvalue weighted by Gasteiger charge is -2.28. The van der Waals surface area contributed by atoms with Gasteiger partial charge in [-0.2, -0.15) is 5.10 Å². The Morgan fingerprint density at radius 1 is 1.20 bits per heavy atom. The largest absolute Gasteiger partial charge is 0.479 e. The Kier molecular flexibility index (Phi) is 5.14. The summed E-state index contributed by atoms with van der Waals surface area (Å²) in [5, 5.41) is 15.4. The van der Waals surface area contributed by atoms with Crippen LogP contribution < -0.4 is 0 Å². The van der Waals surface area contributed by atoms with Crippen molar-refractivity contribution in [3.05, 3.63) is 46.9 Å². The number of aliphatic carboxylic acids is 1. The van der Waals surface area contributed by atoms with E-state index >= 15 is 0 Å². The summed E-state index contributed by atoms with van der Waals surface area (Å²) in [5.41, 5.74) is 5.98. The average Bonchev–Trinajstić information content (AvgIpc) is 3.09. The minimum absolute atomic E-state index is 0.605. The Balaban J connectivity index is 2.05. The summed E-state index contributed by atoms with van der Waals surface area (Å²) in [6.45, 7) is 7.47. The second kappa shape index (κ2) is 7.51. The Hall–Kier alpha value is -2.73. The molecule has 0 fully saturated rings. The van der Waals surface area contributed by atoms with Crippen LogP contribution in [0.2, 0.25) is 0 Å². The van der Waals surface area contributed by atoms with Gasteiger partial charge in [-0.1, -0.05) is 0 Å². The molecule has 2 aromatic heterocycles. The first kappa shape index (κ1) is 20.5. The molecule has 0 saturated carbocycles. The zero-order valence-corrected chi connectivity index (χ0v) is 18.3. The first-order chi connectivity index (χ1) is 14.1. The Morgan fingerprint density at radius 2 is 1.87 bits per heavy atom. The fourth-order valence-corrected chi connectivity index (χ4v) is 4.40. The van der Waals surface area contributed by atoms with Crippen LogP contribution in [0.5, 0.6) is 0 Å². The van der Waals surface area contributed by atoms with Gasteiger partial charge in [0.1, 0.15) is 0 Å². The van der Waals surface area contributed by atoms with Gasteiger partial charge in [0.15, 0.2) is 6.10 Å². The topological polar surface area (TPSA) is 77.2 Å². The molecule has 1 unspecified atom stereocenters. The first-order valence-electron chi connectivity index (χ1n) is 10.5. The molecular weight excluding hydrogens is 378 g/mol. The molecule has 4 rings (SSSR count). The van der Waals surface area contributed by atoms with Crippen molar-refractivity contribution in [2.75, 3.05) is 0 Å². The van der Waals surface area contributed by atoms with Crippen LogP contribution in [-0.2, 0) is 29.4 Å². The van der Waals surface area contributed by atoms with Crippen LogP contribution in [0.25, 0.3) is 22.0 Å². The van der Waals surface area contributed by atoms with Crippen molar-refractivity contribution in [2.45, 2.75) is 65.1 Å². The fourth-order valence-electron chi connectivity index (χ4n) is 4.40. The van der Waals surface area contributed by atoms with Gasteiger partial charge in [0.05, 0.1) is 17.3 Å². The van der Waals surface area contributed by atoms with E-state index in [1.807, 2.05) is 40.9 Å². The maximum atomic E-state index is 12.3. The number of carbonyl (C=O) groups is 1. The minimum Gasteiger partial charge on any atom is -0.479 e. The smallest absolute Gasteiger partial charge is 0.337 e. The number of rotatable bonds is 4. The van der Waals surface area contributed by atoms with Gasteiger partial charge in [0.25, 0.3) is 0 Å². The van der Waals surface area contributed by atoms with E-state index in [1.54, 1.807) is 10.9 Å². The van der Waals surface area contributed by atoms with Crippen LogP contribution in [0.4, 0.5) is 0 Å². The van der Waals surface area contributed by atoms with Crippen molar-refractivity contribution in [3.63, 3.8) is 0 Å². The molecule has 6 heteroatoms. The van der Waals surface area contributed by atoms with Crippen LogP contribution in [0.15, 0.2) is 24.5 Å². The van der Waals surface area contributed by atoms with Crippen LogP contribution in [-0.4, -0.2) is 31.4 Å². The van der Waals surface area contributed by atoms with Crippen molar-refractivity contribution >= 4 is 16.9 Å². The lowest BCUT2D eigenvalue weighted by atomic mass is 9.86. The zero-order chi connectivity index (χ0) is 21.6. The van der Waals surface area contributed by atoms with Crippen LogP contribution in [0.1, 0.15) is 62.1 Å². The normalized spacial score (nSPS) is 15.2. The number of nitrogens with zero attached hydrogens (tertiary/aromatic N) is 3. The van der Waals surface area contributed by atoms with E-state index < -0.39 is 17.7 Å². The summed E-state index contributed by atoms with van der Waals surface area (Å²) in [5.74, 6) is -1.02. The molecule has 1 aromatic carbocycles. The SMILES string of the molecule is Cc1nc2cc3c(cc2c(-c2cnn(C)c2)c1C(OC(C)(C)C)C(=O)O)CCCC3. The maximum absolute atomic E-state index is 12.3. The van der Waals surface area contributed by atoms with Crippen molar-refractivity contribution in [1.29, 1.82) is 0 Å². The number of carboxylic acids is 1. The summed E-state index contributed by atoms with van der Waals surface area (Å²) >= 11 is 0. The van der Waals surface area contributed by atoms with Gasteiger partial charge in [0.2, 0.25) is 0 Å². The van der Waals surface area contributed by atoms with E-state index in [9.17, 15) is 9.90 Å². The van der Waals surface area contributed by atoms with E-state index in [2.05, 4.69) is 17.2 Å². The van der Waals surface area contributed by atoms with Crippen LogP contribution >= 0.6 is 0 Å². The molecule has 1 aliphatic carbocycles. The van der Waals surface area contributed by atoms with E-state index in [0.717, 1.165) is 34.9 Å². The number of hydrogen-bond acceptors (Lipinski definition) is 4. The molecule has 3 aromatic rings. The van der Waals surface area contributed by atoms with Crippen molar-refractivity contribution in [1.82, 2.24) is 14.8 Å². The molecule has 2 heterocycles. The van der Waals surface area contributed by atoms with Crippen molar-refractivity contribution < 1.29 is 14.6 Å². The highest BCUT2D eigenvalue weighted by Gasteiger charge is 2.32. The van der Waals surface area contributed by atoms with Gasteiger partial charge >= 0.3 is 5.97 Å².